The Morgan fingerprint density at radius 3 is 2.24 bits per heavy atom. The molecule has 0 radical (unpaired) electrons. The average molecular weight is 495 g/mol. The first kappa shape index (κ1) is 30.6. The summed E-state index contributed by atoms with van der Waals surface area (Å²) < 4.78 is 17.0. The van der Waals surface area contributed by atoms with Gasteiger partial charge in [-0.1, -0.05) is 52.2 Å². The third-order valence-corrected chi connectivity index (χ3v) is 11.3. The van der Waals surface area contributed by atoms with Crippen molar-refractivity contribution in [1.82, 2.24) is 0 Å². The summed E-state index contributed by atoms with van der Waals surface area (Å²) in [5.74, 6) is 0.0585. The van der Waals surface area contributed by atoms with Crippen molar-refractivity contribution in [3.05, 3.63) is 23.3 Å². The minimum Gasteiger partial charge on any atom is -0.461 e. The molecule has 196 valence electrons. The Morgan fingerprint density at radius 1 is 1.09 bits per heavy atom. The number of rotatable bonds is 12. The van der Waals surface area contributed by atoms with Crippen molar-refractivity contribution >= 4 is 20.3 Å². The van der Waals surface area contributed by atoms with Gasteiger partial charge >= 0.3 is 11.9 Å². The highest BCUT2D eigenvalue weighted by Gasteiger charge is 2.45. The van der Waals surface area contributed by atoms with Crippen molar-refractivity contribution in [3.63, 3.8) is 0 Å². The van der Waals surface area contributed by atoms with Gasteiger partial charge in [0.1, 0.15) is 17.6 Å². The number of hydrogen-bond acceptors (Lipinski definition) is 5. The van der Waals surface area contributed by atoms with Crippen LogP contribution in [0.4, 0.5) is 0 Å². The molecular formula is C28H50O5Si. The molecule has 1 aliphatic heterocycles. The molecule has 1 saturated heterocycles. The van der Waals surface area contributed by atoms with E-state index in [4.69, 9.17) is 13.9 Å². The van der Waals surface area contributed by atoms with Gasteiger partial charge < -0.3 is 13.9 Å². The van der Waals surface area contributed by atoms with Crippen LogP contribution in [0.3, 0.4) is 0 Å². The lowest BCUT2D eigenvalue weighted by Crippen LogP contribution is -2.51. The number of esters is 2. The van der Waals surface area contributed by atoms with Crippen LogP contribution in [0.15, 0.2) is 23.3 Å². The van der Waals surface area contributed by atoms with Crippen molar-refractivity contribution < 1.29 is 23.5 Å². The van der Waals surface area contributed by atoms with Gasteiger partial charge in [-0.15, -0.1) is 0 Å². The highest BCUT2D eigenvalue weighted by atomic mass is 28.4. The third-order valence-electron chi connectivity index (χ3n) is 6.78. The predicted molar refractivity (Wildman–Crippen MR) is 142 cm³/mol. The second-order valence-electron chi connectivity index (χ2n) is 12.7. The largest absolute Gasteiger partial charge is 0.461 e. The number of ether oxygens (including phenoxy) is 2. The minimum absolute atomic E-state index is 0.00912. The Morgan fingerprint density at radius 2 is 1.71 bits per heavy atom. The van der Waals surface area contributed by atoms with E-state index < -0.39 is 13.9 Å². The number of carbonyl (C=O) groups is 2. The number of unbranched alkanes of at least 4 members (excludes halogenated alkanes) is 1. The SMILES string of the molecule is CC(=C\C(=O)OC(C)(C)C)/C=C(\C)C[C@H](C)CCCC[C@H]1OC(=O)[C@@H]1CO[Si](C)(C)C(C)(C)C. The fourth-order valence-corrected chi connectivity index (χ4v) is 4.87. The third kappa shape index (κ3) is 10.9. The number of allylic oxidation sites excluding steroid dienone is 3. The molecular weight excluding hydrogens is 444 g/mol. The molecule has 0 spiro atoms. The predicted octanol–water partition coefficient (Wildman–Crippen LogP) is 7.37. The molecule has 0 aromatic heterocycles. The first-order chi connectivity index (χ1) is 15.4. The summed E-state index contributed by atoms with van der Waals surface area (Å²) in [6, 6.07) is 0. The second-order valence-corrected chi connectivity index (χ2v) is 17.5. The fraction of sp³-hybridized carbons (Fsp3) is 0.786. The normalized spacial score (nSPS) is 21.1. The molecule has 6 heteroatoms. The molecule has 0 N–H and O–H groups in total. The molecule has 5 nitrogen and oxygen atoms in total. The van der Waals surface area contributed by atoms with Crippen molar-refractivity contribution in [2.45, 2.75) is 124 Å². The van der Waals surface area contributed by atoms with Gasteiger partial charge in [-0.2, -0.15) is 0 Å². The van der Waals surface area contributed by atoms with E-state index in [0.717, 1.165) is 37.7 Å². The van der Waals surface area contributed by atoms with Gasteiger partial charge in [0.2, 0.25) is 0 Å². The fourth-order valence-electron chi connectivity index (χ4n) is 3.84. The Balaban J connectivity index is 2.37. The number of cyclic esters (lactones) is 1. The van der Waals surface area contributed by atoms with E-state index in [1.807, 2.05) is 27.7 Å². The summed E-state index contributed by atoms with van der Waals surface area (Å²) in [5.41, 5.74) is 1.70. The van der Waals surface area contributed by atoms with Crippen LogP contribution in [0.5, 0.6) is 0 Å². The quantitative estimate of drug-likeness (QED) is 0.0931. The molecule has 0 aromatic rings. The van der Waals surface area contributed by atoms with Crippen LogP contribution in [0.1, 0.15) is 94.4 Å². The molecule has 34 heavy (non-hydrogen) atoms. The summed E-state index contributed by atoms with van der Waals surface area (Å²) >= 11 is 0. The maximum absolute atomic E-state index is 12.0. The van der Waals surface area contributed by atoms with E-state index in [1.165, 1.54) is 5.57 Å². The van der Waals surface area contributed by atoms with Gasteiger partial charge in [-0.3, -0.25) is 4.79 Å². The molecule has 1 aliphatic rings. The van der Waals surface area contributed by atoms with E-state index in [2.05, 4.69) is 53.8 Å². The van der Waals surface area contributed by atoms with E-state index >= 15 is 0 Å². The van der Waals surface area contributed by atoms with E-state index in [-0.39, 0.29) is 29.0 Å². The molecule has 0 bridgehead atoms. The first-order valence-electron chi connectivity index (χ1n) is 12.8. The molecule has 0 amide bonds. The summed E-state index contributed by atoms with van der Waals surface area (Å²) in [6.45, 7) is 23.5. The van der Waals surface area contributed by atoms with E-state index in [0.29, 0.717) is 12.5 Å². The Bertz CT molecular complexity index is 752. The van der Waals surface area contributed by atoms with Crippen LogP contribution >= 0.6 is 0 Å². The lowest BCUT2D eigenvalue weighted by Gasteiger charge is -2.40. The van der Waals surface area contributed by atoms with Gasteiger partial charge in [-0.05, 0) is 83.5 Å². The Labute approximate surface area is 209 Å². The Hall–Kier alpha value is -1.40. The summed E-state index contributed by atoms with van der Waals surface area (Å²) in [7, 11) is -1.85. The van der Waals surface area contributed by atoms with E-state index in [1.54, 1.807) is 6.08 Å². The summed E-state index contributed by atoms with van der Waals surface area (Å²) in [4.78, 5) is 23.9. The van der Waals surface area contributed by atoms with Crippen LogP contribution < -0.4 is 0 Å². The minimum atomic E-state index is -1.85. The second kappa shape index (κ2) is 12.5. The Kier molecular flexibility index (Phi) is 11.3. The van der Waals surface area contributed by atoms with Crippen LogP contribution in [-0.4, -0.2) is 38.6 Å². The van der Waals surface area contributed by atoms with Crippen LogP contribution in [0.25, 0.3) is 0 Å². The molecule has 1 fully saturated rings. The van der Waals surface area contributed by atoms with Gasteiger partial charge in [0.05, 0.1) is 6.61 Å². The maximum Gasteiger partial charge on any atom is 0.331 e. The average Bonchev–Trinajstić information content (AvgIpc) is 2.60. The lowest BCUT2D eigenvalue weighted by molar-refractivity contribution is -0.188. The summed E-state index contributed by atoms with van der Waals surface area (Å²) in [5, 5.41) is 0.142. The van der Waals surface area contributed by atoms with Crippen molar-refractivity contribution in [3.8, 4) is 0 Å². The zero-order valence-corrected chi connectivity index (χ0v) is 24.7. The smallest absolute Gasteiger partial charge is 0.331 e. The molecule has 0 aliphatic carbocycles. The lowest BCUT2D eigenvalue weighted by atomic mass is 9.91. The number of hydrogen-bond donors (Lipinski definition) is 0. The standard InChI is InChI=1S/C28H50O5Si/c1-20(16-21(2)17-22(3)18-25(29)33-27(4,5)6)14-12-13-15-24-23(26(30)32-24)19-31-34(10,11)28(7,8)9/h17-18,20,23-24H,12-16,19H2,1-11H3/b21-17+,22-18+/t20-,23-,24-/m1/s1. The zero-order chi connectivity index (χ0) is 26.3. The van der Waals surface area contributed by atoms with Crippen molar-refractivity contribution in [1.29, 1.82) is 0 Å². The van der Waals surface area contributed by atoms with Gasteiger partial charge in [0.25, 0.3) is 0 Å². The van der Waals surface area contributed by atoms with Crippen LogP contribution in [0.2, 0.25) is 18.1 Å². The van der Waals surface area contributed by atoms with Crippen molar-refractivity contribution in [2.24, 2.45) is 11.8 Å². The summed E-state index contributed by atoms with van der Waals surface area (Å²) in [6.07, 6.45) is 8.86. The maximum atomic E-state index is 12.0. The molecule has 0 unspecified atom stereocenters. The number of carbonyl (C=O) groups excluding carboxylic acids is 2. The molecule has 0 aromatic carbocycles. The monoisotopic (exact) mass is 494 g/mol. The molecule has 1 rings (SSSR count). The first-order valence-corrected chi connectivity index (χ1v) is 15.7. The molecule has 0 saturated carbocycles. The molecule has 3 atom stereocenters. The van der Waals surface area contributed by atoms with Gasteiger partial charge in [-0.25, -0.2) is 4.79 Å². The zero-order valence-electron chi connectivity index (χ0n) is 23.7. The van der Waals surface area contributed by atoms with Crippen LogP contribution in [-0.2, 0) is 23.5 Å². The molecule has 1 heterocycles. The highest BCUT2D eigenvalue weighted by Crippen LogP contribution is 2.38. The van der Waals surface area contributed by atoms with E-state index in [9.17, 15) is 9.59 Å². The van der Waals surface area contributed by atoms with Gasteiger partial charge in [0, 0.05) is 6.08 Å². The topological polar surface area (TPSA) is 61.8 Å². The van der Waals surface area contributed by atoms with Crippen LogP contribution in [0, 0.1) is 11.8 Å². The van der Waals surface area contributed by atoms with Crippen molar-refractivity contribution in [2.75, 3.05) is 6.61 Å². The highest BCUT2D eigenvalue weighted by molar-refractivity contribution is 6.74. The van der Waals surface area contributed by atoms with Gasteiger partial charge in [0.15, 0.2) is 8.32 Å².